The second-order valence-corrected chi connectivity index (χ2v) is 4.31. The quantitative estimate of drug-likeness (QED) is 0.792. The number of nitrogens with one attached hydrogen (secondary N) is 1. The second kappa shape index (κ2) is 3.57. The van der Waals surface area contributed by atoms with Gasteiger partial charge in [0.05, 0.1) is 5.41 Å². The van der Waals surface area contributed by atoms with E-state index in [-0.39, 0.29) is 0 Å². The third-order valence-corrected chi connectivity index (χ3v) is 2.99. The molecule has 0 aliphatic heterocycles. The molecule has 1 aromatic rings. The Morgan fingerprint density at radius 1 is 1.40 bits per heavy atom. The van der Waals surface area contributed by atoms with Gasteiger partial charge in [0, 0.05) is 12.2 Å². The minimum atomic E-state index is -0.679. The van der Waals surface area contributed by atoms with Crippen LogP contribution in [-0.2, 0) is 4.79 Å². The maximum atomic E-state index is 10.9. The molecule has 0 aromatic heterocycles. The average Bonchev–Trinajstić information content (AvgIpc) is 2.98. The molecule has 2 N–H and O–H groups in total. The Hall–Kier alpha value is -1.51. The topological polar surface area (TPSA) is 49.3 Å². The first-order valence-corrected chi connectivity index (χ1v) is 5.16. The van der Waals surface area contributed by atoms with Gasteiger partial charge in [-0.1, -0.05) is 17.7 Å². The summed E-state index contributed by atoms with van der Waals surface area (Å²) in [7, 11) is 0. The van der Waals surface area contributed by atoms with Gasteiger partial charge in [0.25, 0.3) is 0 Å². The highest BCUT2D eigenvalue weighted by atomic mass is 16.4. The maximum Gasteiger partial charge on any atom is 0.311 e. The Kier molecular flexibility index (Phi) is 2.39. The standard InChI is InChI=1S/C12H15NO2/c1-9-2-4-10(5-3-9)13-8-12(6-7-12)11(14)15/h2-5,13H,6-8H2,1H3,(H,14,15). The number of hydrogen-bond acceptors (Lipinski definition) is 2. The molecule has 0 radical (unpaired) electrons. The highest BCUT2D eigenvalue weighted by molar-refractivity contribution is 5.78. The lowest BCUT2D eigenvalue weighted by Gasteiger charge is -2.12. The van der Waals surface area contributed by atoms with Crippen LogP contribution < -0.4 is 5.32 Å². The van der Waals surface area contributed by atoms with Gasteiger partial charge < -0.3 is 10.4 Å². The van der Waals surface area contributed by atoms with Crippen molar-refractivity contribution in [2.75, 3.05) is 11.9 Å². The van der Waals surface area contributed by atoms with Crippen molar-refractivity contribution in [1.82, 2.24) is 0 Å². The summed E-state index contributed by atoms with van der Waals surface area (Å²) in [4.78, 5) is 10.9. The molecule has 0 amide bonds. The van der Waals surface area contributed by atoms with E-state index in [1.165, 1.54) is 5.56 Å². The number of hydrogen-bond donors (Lipinski definition) is 2. The third-order valence-electron chi connectivity index (χ3n) is 2.99. The van der Waals surface area contributed by atoms with Crippen LogP contribution in [0.1, 0.15) is 18.4 Å². The van der Waals surface area contributed by atoms with Gasteiger partial charge >= 0.3 is 5.97 Å². The molecule has 0 unspecified atom stereocenters. The Bertz CT molecular complexity index is 366. The highest BCUT2D eigenvalue weighted by Gasteiger charge is 2.49. The fourth-order valence-electron chi connectivity index (χ4n) is 1.56. The fraction of sp³-hybridized carbons (Fsp3) is 0.417. The first-order chi connectivity index (χ1) is 7.12. The van der Waals surface area contributed by atoms with Crippen molar-refractivity contribution in [3.63, 3.8) is 0 Å². The summed E-state index contributed by atoms with van der Waals surface area (Å²) in [6, 6.07) is 7.99. The SMILES string of the molecule is Cc1ccc(NCC2(C(=O)O)CC2)cc1. The van der Waals surface area contributed by atoms with Crippen molar-refractivity contribution in [2.24, 2.45) is 5.41 Å². The molecule has 0 atom stereocenters. The molecule has 0 heterocycles. The molecule has 1 fully saturated rings. The van der Waals surface area contributed by atoms with Crippen molar-refractivity contribution in [3.8, 4) is 0 Å². The molecule has 1 aliphatic rings. The smallest absolute Gasteiger partial charge is 0.311 e. The number of carboxylic acids is 1. The van der Waals surface area contributed by atoms with E-state index >= 15 is 0 Å². The zero-order valence-corrected chi connectivity index (χ0v) is 8.79. The van der Waals surface area contributed by atoms with E-state index in [0.29, 0.717) is 6.54 Å². The molecular formula is C12H15NO2. The van der Waals surface area contributed by atoms with Crippen molar-refractivity contribution < 1.29 is 9.90 Å². The van der Waals surface area contributed by atoms with Gasteiger partial charge in [0.2, 0.25) is 0 Å². The van der Waals surface area contributed by atoms with E-state index in [2.05, 4.69) is 5.32 Å². The summed E-state index contributed by atoms with van der Waals surface area (Å²) < 4.78 is 0. The number of carbonyl (C=O) groups is 1. The van der Waals surface area contributed by atoms with Gasteiger partial charge in [0.1, 0.15) is 0 Å². The van der Waals surface area contributed by atoms with Crippen LogP contribution in [0.4, 0.5) is 5.69 Å². The van der Waals surface area contributed by atoms with Crippen LogP contribution >= 0.6 is 0 Å². The molecule has 15 heavy (non-hydrogen) atoms. The molecule has 1 aliphatic carbocycles. The normalized spacial score (nSPS) is 17.1. The largest absolute Gasteiger partial charge is 0.481 e. The predicted octanol–water partition coefficient (Wildman–Crippen LogP) is 2.27. The Balaban J connectivity index is 1.94. The zero-order chi connectivity index (χ0) is 10.9. The maximum absolute atomic E-state index is 10.9. The molecule has 3 nitrogen and oxygen atoms in total. The monoisotopic (exact) mass is 205 g/mol. The number of benzene rings is 1. The first-order valence-electron chi connectivity index (χ1n) is 5.16. The number of aryl methyl sites for hydroxylation is 1. The van der Waals surface area contributed by atoms with E-state index < -0.39 is 11.4 Å². The first kappa shape index (κ1) is 10.0. The lowest BCUT2D eigenvalue weighted by Crippen LogP contribution is -2.24. The Morgan fingerprint density at radius 2 is 2.00 bits per heavy atom. The van der Waals surface area contributed by atoms with Crippen molar-refractivity contribution in [1.29, 1.82) is 0 Å². The predicted molar refractivity (Wildman–Crippen MR) is 59.0 cm³/mol. The molecular weight excluding hydrogens is 190 g/mol. The molecule has 0 saturated heterocycles. The minimum Gasteiger partial charge on any atom is -0.481 e. The summed E-state index contributed by atoms with van der Waals surface area (Å²) in [5, 5.41) is 12.2. The van der Waals surface area contributed by atoms with E-state index in [9.17, 15) is 4.79 Å². The van der Waals surface area contributed by atoms with Crippen LogP contribution in [0.3, 0.4) is 0 Å². The summed E-state index contributed by atoms with van der Waals surface area (Å²) in [5.74, 6) is -0.679. The highest BCUT2D eigenvalue weighted by Crippen LogP contribution is 2.45. The van der Waals surface area contributed by atoms with Gasteiger partial charge in [-0.3, -0.25) is 4.79 Å². The summed E-state index contributed by atoms with van der Waals surface area (Å²) in [5.41, 5.74) is 1.71. The molecule has 1 saturated carbocycles. The van der Waals surface area contributed by atoms with Gasteiger partial charge in [0.15, 0.2) is 0 Å². The number of rotatable bonds is 4. The van der Waals surface area contributed by atoms with Crippen LogP contribution in [0.2, 0.25) is 0 Å². The van der Waals surface area contributed by atoms with Crippen LogP contribution in [0.5, 0.6) is 0 Å². The van der Waals surface area contributed by atoms with E-state index in [0.717, 1.165) is 18.5 Å². The van der Waals surface area contributed by atoms with E-state index in [1.54, 1.807) is 0 Å². The molecule has 0 spiro atoms. The number of carboxylic acid groups (broad SMARTS) is 1. The van der Waals surface area contributed by atoms with Crippen LogP contribution in [0.25, 0.3) is 0 Å². The second-order valence-electron chi connectivity index (χ2n) is 4.31. The lowest BCUT2D eigenvalue weighted by molar-refractivity contribution is -0.142. The molecule has 3 heteroatoms. The molecule has 80 valence electrons. The summed E-state index contributed by atoms with van der Waals surface area (Å²) in [6.07, 6.45) is 1.59. The summed E-state index contributed by atoms with van der Waals surface area (Å²) in [6.45, 7) is 2.56. The van der Waals surface area contributed by atoms with Crippen molar-refractivity contribution >= 4 is 11.7 Å². The van der Waals surface area contributed by atoms with Gasteiger partial charge in [-0.2, -0.15) is 0 Å². The van der Waals surface area contributed by atoms with Crippen molar-refractivity contribution in [3.05, 3.63) is 29.8 Å². The molecule has 1 aromatic carbocycles. The van der Waals surface area contributed by atoms with Gasteiger partial charge in [-0.15, -0.1) is 0 Å². The average molecular weight is 205 g/mol. The summed E-state index contributed by atoms with van der Waals surface area (Å²) >= 11 is 0. The molecule has 2 rings (SSSR count). The Morgan fingerprint density at radius 3 is 2.47 bits per heavy atom. The minimum absolute atomic E-state index is 0.495. The van der Waals surface area contributed by atoms with Crippen LogP contribution in [-0.4, -0.2) is 17.6 Å². The Labute approximate surface area is 89.1 Å². The van der Waals surface area contributed by atoms with E-state index in [1.807, 2.05) is 31.2 Å². The van der Waals surface area contributed by atoms with E-state index in [4.69, 9.17) is 5.11 Å². The van der Waals surface area contributed by atoms with Crippen LogP contribution in [0.15, 0.2) is 24.3 Å². The van der Waals surface area contributed by atoms with Gasteiger partial charge in [-0.25, -0.2) is 0 Å². The zero-order valence-electron chi connectivity index (χ0n) is 8.79. The lowest BCUT2D eigenvalue weighted by atomic mass is 10.1. The molecule has 0 bridgehead atoms. The third kappa shape index (κ3) is 2.12. The number of anilines is 1. The van der Waals surface area contributed by atoms with Crippen LogP contribution in [0, 0.1) is 12.3 Å². The van der Waals surface area contributed by atoms with Crippen molar-refractivity contribution in [2.45, 2.75) is 19.8 Å². The van der Waals surface area contributed by atoms with Gasteiger partial charge in [-0.05, 0) is 31.9 Å². The fourth-order valence-corrected chi connectivity index (χ4v) is 1.56. The number of aliphatic carboxylic acids is 1.